The number of thioether (sulfide) groups is 1. The van der Waals surface area contributed by atoms with Crippen molar-refractivity contribution in [1.82, 2.24) is 5.32 Å². The number of fused-ring (bicyclic) bond motifs is 3. The molecule has 30 heavy (non-hydrogen) atoms. The third-order valence-electron chi connectivity index (χ3n) is 5.34. The largest absolute Gasteiger partial charge is 0.298 e. The molecule has 2 atom stereocenters. The molecule has 1 aliphatic carbocycles. The molecule has 7 heteroatoms. The van der Waals surface area contributed by atoms with E-state index >= 15 is 0 Å². The molecule has 0 spiro atoms. The summed E-state index contributed by atoms with van der Waals surface area (Å²) < 4.78 is 0. The van der Waals surface area contributed by atoms with E-state index in [0.717, 1.165) is 5.57 Å². The lowest BCUT2D eigenvalue weighted by Gasteiger charge is -2.29. The van der Waals surface area contributed by atoms with E-state index in [0.29, 0.717) is 10.7 Å². The van der Waals surface area contributed by atoms with Gasteiger partial charge >= 0.3 is 0 Å². The third-order valence-corrected chi connectivity index (χ3v) is 7.13. The molecule has 2 heterocycles. The highest BCUT2D eigenvalue weighted by atomic mass is 35.5. The summed E-state index contributed by atoms with van der Waals surface area (Å²) in [5.74, 6) is -0.818. The average molecular weight is 451 g/mol. The van der Waals surface area contributed by atoms with Crippen molar-refractivity contribution in [2.75, 3.05) is 4.90 Å². The lowest BCUT2D eigenvalue weighted by atomic mass is 9.84. The quantitative estimate of drug-likeness (QED) is 0.396. The molecular formula is C23H15ClN2O2S2. The molecule has 0 saturated carbocycles. The minimum Gasteiger partial charge on any atom is -0.298 e. The molecule has 0 bridgehead atoms. The SMILES string of the molecule is O=C1NC(=S)N(c2ccc(Cl)cc2)C(=O)C1=CC1=CSC2c3ccccc3C=CC12. The van der Waals surface area contributed by atoms with Crippen LogP contribution in [0, 0.1) is 5.92 Å². The zero-order chi connectivity index (χ0) is 20.8. The molecule has 5 rings (SSSR count). The van der Waals surface area contributed by atoms with E-state index in [1.54, 1.807) is 42.1 Å². The second-order valence-electron chi connectivity index (χ2n) is 7.12. The predicted molar refractivity (Wildman–Crippen MR) is 125 cm³/mol. The lowest BCUT2D eigenvalue weighted by molar-refractivity contribution is -0.122. The van der Waals surface area contributed by atoms with E-state index in [-0.39, 0.29) is 21.9 Å². The molecule has 2 amide bonds. The molecule has 2 aromatic carbocycles. The van der Waals surface area contributed by atoms with Gasteiger partial charge in [0.05, 0.1) is 5.69 Å². The van der Waals surface area contributed by atoms with Gasteiger partial charge in [-0.1, -0.05) is 48.0 Å². The summed E-state index contributed by atoms with van der Waals surface area (Å²) in [6.45, 7) is 0. The minimum absolute atomic E-state index is 0.0589. The van der Waals surface area contributed by atoms with Crippen LogP contribution >= 0.6 is 35.6 Å². The fraction of sp³-hybridized carbons (Fsp3) is 0.0870. The standard InChI is InChI=1S/C23H15ClN2O2S2/c24-15-6-8-16(9-7-15)26-22(28)19(21(27)25-23(26)29)11-14-12-30-20-17-4-2-1-3-13(17)5-10-18(14)20/h1-12,18,20H,(H,25,27,29). The maximum atomic E-state index is 13.2. The fourth-order valence-corrected chi connectivity index (χ4v) is 5.59. The predicted octanol–water partition coefficient (Wildman–Crippen LogP) is 5.03. The van der Waals surface area contributed by atoms with Gasteiger partial charge in [-0.25, -0.2) is 0 Å². The first-order valence-corrected chi connectivity index (χ1v) is 11.1. The first kappa shape index (κ1) is 19.3. The highest BCUT2D eigenvalue weighted by Crippen LogP contribution is 2.51. The number of anilines is 1. The molecule has 148 valence electrons. The molecule has 1 saturated heterocycles. The Morgan fingerprint density at radius 2 is 1.87 bits per heavy atom. The van der Waals surface area contributed by atoms with Crippen LogP contribution in [0.4, 0.5) is 5.69 Å². The van der Waals surface area contributed by atoms with Gasteiger partial charge in [-0.05, 0) is 64.7 Å². The number of carbonyl (C=O) groups is 2. The molecule has 1 N–H and O–H groups in total. The summed E-state index contributed by atoms with van der Waals surface area (Å²) in [6, 6.07) is 15.0. The molecule has 2 unspecified atom stereocenters. The monoisotopic (exact) mass is 450 g/mol. The topological polar surface area (TPSA) is 49.4 Å². The van der Waals surface area contributed by atoms with E-state index in [1.807, 2.05) is 17.5 Å². The van der Waals surface area contributed by atoms with Gasteiger partial charge < -0.3 is 0 Å². The summed E-state index contributed by atoms with van der Waals surface area (Å²) >= 11 is 12.9. The van der Waals surface area contributed by atoms with Gasteiger partial charge in [0, 0.05) is 16.2 Å². The van der Waals surface area contributed by atoms with Crippen LogP contribution in [0.3, 0.4) is 0 Å². The normalized spacial score (nSPS) is 23.9. The maximum absolute atomic E-state index is 13.2. The Balaban J connectivity index is 1.48. The second kappa shape index (κ2) is 7.54. The number of hydrogen-bond acceptors (Lipinski definition) is 4. The molecule has 2 aromatic rings. The van der Waals surface area contributed by atoms with Crippen molar-refractivity contribution in [3.63, 3.8) is 0 Å². The highest BCUT2D eigenvalue weighted by molar-refractivity contribution is 8.02. The number of halogens is 1. The second-order valence-corrected chi connectivity index (χ2v) is 8.96. The van der Waals surface area contributed by atoms with Gasteiger partial charge in [0.2, 0.25) is 0 Å². The Kier molecular flexibility index (Phi) is 4.85. The van der Waals surface area contributed by atoms with Gasteiger partial charge in [-0.2, -0.15) is 0 Å². The van der Waals surface area contributed by atoms with Gasteiger partial charge in [0.25, 0.3) is 11.8 Å². The number of carbonyl (C=O) groups excluding carboxylic acids is 2. The van der Waals surface area contributed by atoms with Gasteiger partial charge in [-0.3, -0.25) is 19.8 Å². The Morgan fingerprint density at radius 3 is 2.67 bits per heavy atom. The van der Waals surface area contributed by atoms with E-state index in [9.17, 15) is 9.59 Å². The van der Waals surface area contributed by atoms with Crippen molar-refractivity contribution < 1.29 is 9.59 Å². The number of amides is 2. The first-order chi connectivity index (χ1) is 14.5. The van der Waals surface area contributed by atoms with Crippen LogP contribution in [0.2, 0.25) is 5.02 Å². The van der Waals surface area contributed by atoms with E-state index in [2.05, 4.69) is 29.6 Å². The molecule has 4 nitrogen and oxygen atoms in total. The van der Waals surface area contributed by atoms with Crippen LogP contribution in [0.1, 0.15) is 16.4 Å². The molecule has 3 aliphatic rings. The Labute approximate surface area is 188 Å². The van der Waals surface area contributed by atoms with E-state index < -0.39 is 11.8 Å². The van der Waals surface area contributed by atoms with Crippen LogP contribution in [0.5, 0.6) is 0 Å². The number of nitrogens with one attached hydrogen (secondary N) is 1. The lowest BCUT2D eigenvalue weighted by Crippen LogP contribution is -2.54. The van der Waals surface area contributed by atoms with Crippen LogP contribution in [0.15, 0.2) is 77.2 Å². The average Bonchev–Trinajstić information content (AvgIpc) is 3.16. The van der Waals surface area contributed by atoms with Crippen molar-refractivity contribution in [3.05, 3.63) is 93.4 Å². The number of benzene rings is 2. The number of rotatable bonds is 2. The van der Waals surface area contributed by atoms with Crippen LogP contribution in [-0.4, -0.2) is 16.9 Å². The van der Waals surface area contributed by atoms with E-state index in [1.165, 1.54) is 16.0 Å². The number of allylic oxidation sites excluding steroid dienone is 3. The Morgan fingerprint density at radius 1 is 1.10 bits per heavy atom. The highest BCUT2D eigenvalue weighted by Gasteiger charge is 2.37. The molecule has 0 radical (unpaired) electrons. The van der Waals surface area contributed by atoms with Gasteiger partial charge in [0.1, 0.15) is 5.57 Å². The molecule has 0 aromatic heterocycles. The molecular weight excluding hydrogens is 436 g/mol. The Hall–Kier alpha value is -2.67. The zero-order valence-corrected chi connectivity index (χ0v) is 17.9. The van der Waals surface area contributed by atoms with Crippen molar-refractivity contribution in [3.8, 4) is 0 Å². The van der Waals surface area contributed by atoms with E-state index in [4.69, 9.17) is 23.8 Å². The molecule has 1 fully saturated rings. The molecule has 2 aliphatic heterocycles. The number of hydrogen-bond donors (Lipinski definition) is 1. The summed E-state index contributed by atoms with van der Waals surface area (Å²) in [4.78, 5) is 27.1. The fourth-order valence-electron chi connectivity index (χ4n) is 3.88. The summed E-state index contributed by atoms with van der Waals surface area (Å²) in [5, 5.41) is 5.52. The first-order valence-electron chi connectivity index (χ1n) is 9.32. The number of nitrogens with zero attached hydrogens (tertiary/aromatic N) is 1. The minimum atomic E-state index is -0.482. The third kappa shape index (κ3) is 3.21. The van der Waals surface area contributed by atoms with Gasteiger partial charge in [-0.15, -0.1) is 11.8 Å². The van der Waals surface area contributed by atoms with Crippen molar-refractivity contribution >= 4 is 64.3 Å². The van der Waals surface area contributed by atoms with Crippen molar-refractivity contribution in [1.29, 1.82) is 0 Å². The van der Waals surface area contributed by atoms with Crippen molar-refractivity contribution in [2.45, 2.75) is 5.25 Å². The summed E-state index contributed by atoms with van der Waals surface area (Å²) in [6.07, 6.45) is 5.94. The maximum Gasteiger partial charge on any atom is 0.270 e. The van der Waals surface area contributed by atoms with Crippen molar-refractivity contribution in [2.24, 2.45) is 5.92 Å². The zero-order valence-electron chi connectivity index (χ0n) is 15.5. The number of thiocarbonyl (C=S) groups is 1. The van der Waals surface area contributed by atoms with Crippen LogP contribution in [-0.2, 0) is 9.59 Å². The summed E-state index contributed by atoms with van der Waals surface area (Å²) in [5.41, 5.74) is 4.04. The summed E-state index contributed by atoms with van der Waals surface area (Å²) in [7, 11) is 0. The van der Waals surface area contributed by atoms with Crippen LogP contribution in [0.25, 0.3) is 6.08 Å². The van der Waals surface area contributed by atoms with Gasteiger partial charge in [0.15, 0.2) is 5.11 Å². The smallest absolute Gasteiger partial charge is 0.270 e. The Bertz CT molecular complexity index is 1180. The van der Waals surface area contributed by atoms with Crippen LogP contribution < -0.4 is 10.2 Å².